The maximum absolute atomic E-state index is 13.6. The van der Waals surface area contributed by atoms with Crippen LogP contribution in [0.5, 0.6) is 11.5 Å². The van der Waals surface area contributed by atoms with Crippen molar-refractivity contribution >= 4 is 11.3 Å². The monoisotopic (exact) mass is 444 g/mol. The van der Waals surface area contributed by atoms with Crippen LogP contribution < -0.4 is 15.2 Å². The fourth-order valence-electron chi connectivity index (χ4n) is 4.68. The summed E-state index contributed by atoms with van der Waals surface area (Å²) in [5, 5.41) is 13.5. The molecular weight excluding hydrogens is 416 g/mol. The van der Waals surface area contributed by atoms with Crippen molar-refractivity contribution in [3.05, 3.63) is 75.7 Å². The van der Waals surface area contributed by atoms with Gasteiger partial charge in [-0.3, -0.25) is 9.89 Å². The number of aromatic hydroxyl groups is 1. The second kappa shape index (κ2) is 8.65. The number of anilines is 1. The lowest BCUT2D eigenvalue weighted by Gasteiger charge is -2.28. The summed E-state index contributed by atoms with van der Waals surface area (Å²) in [7, 11) is 1.51. The van der Waals surface area contributed by atoms with Gasteiger partial charge in [-0.15, -0.1) is 0 Å². The average molecular weight is 445 g/mol. The zero-order valence-corrected chi connectivity index (χ0v) is 19.0. The molecule has 1 saturated heterocycles. The number of methoxy groups -OCH3 is 1. The predicted octanol–water partition coefficient (Wildman–Crippen LogP) is 4.29. The highest BCUT2D eigenvalue weighted by molar-refractivity contribution is 5.86. The molecule has 2 N–H and O–H groups in total. The molecule has 4 aromatic rings. The number of ether oxygens (including phenoxy) is 1. The first kappa shape index (κ1) is 21.1. The highest BCUT2D eigenvalue weighted by Crippen LogP contribution is 2.35. The summed E-state index contributed by atoms with van der Waals surface area (Å²) >= 11 is 0. The zero-order chi connectivity index (χ0) is 22.9. The quantitative estimate of drug-likeness (QED) is 0.480. The van der Waals surface area contributed by atoms with Crippen molar-refractivity contribution < 1.29 is 9.84 Å². The number of aryl methyl sites for hydroxylation is 1. The SMILES string of the molecule is COc1ccc(Cc2c(C)nc3c(N4CCCCC4)c(-c4ccccc4)[nH]n3c2=O)cc1O. The van der Waals surface area contributed by atoms with Gasteiger partial charge >= 0.3 is 0 Å². The third-order valence-corrected chi connectivity index (χ3v) is 6.41. The van der Waals surface area contributed by atoms with E-state index in [2.05, 4.69) is 22.1 Å². The summed E-state index contributed by atoms with van der Waals surface area (Å²) in [6.45, 7) is 3.79. The standard InChI is InChI=1S/C26H28N4O3/c1-17-20(15-18-11-12-22(33-2)21(31)16-18)26(32)30-25(27-17)24(29-13-7-4-8-14-29)23(28-30)19-9-5-3-6-10-19/h3,5-6,9-12,16,28,31H,4,7-8,13-15H2,1-2H3. The predicted molar refractivity (Wildman–Crippen MR) is 130 cm³/mol. The molecule has 2 aromatic carbocycles. The van der Waals surface area contributed by atoms with Gasteiger partial charge < -0.3 is 14.7 Å². The largest absolute Gasteiger partial charge is 0.504 e. The number of H-pyrrole nitrogens is 1. The molecule has 0 aliphatic carbocycles. The van der Waals surface area contributed by atoms with E-state index in [4.69, 9.17) is 9.72 Å². The smallest absolute Gasteiger partial charge is 0.276 e. The third-order valence-electron chi connectivity index (χ3n) is 6.41. The number of rotatable bonds is 5. The fourth-order valence-corrected chi connectivity index (χ4v) is 4.68. The Morgan fingerprint density at radius 2 is 1.85 bits per heavy atom. The van der Waals surface area contributed by atoms with Crippen LogP contribution in [0.3, 0.4) is 0 Å². The van der Waals surface area contributed by atoms with Crippen molar-refractivity contribution in [1.82, 2.24) is 14.6 Å². The molecule has 0 radical (unpaired) electrons. The van der Waals surface area contributed by atoms with Crippen molar-refractivity contribution in [2.75, 3.05) is 25.1 Å². The third kappa shape index (κ3) is 3.84. The normalized spacial score (nSPS) is 14.1. The summed E-state index contributed by atoms with van der Waals surface area (Å²) in [5.74, 6) is 0.462. The topological polar surface area (TPSA) is 82.9 Å². The number of hydrogen-bond acceptors (Lipinski definition) is 5. The molecule has 0 saturated carbocycles. The van der Waals surface area contributed by atoms with Crippen LogP contribution >= 0.6 is 0 Å². The van der Waals surface area contributed by atoms with Gasteiger partial charge in [-0.1, -0.05) is 36.4 Å². The minimum Gasteiger partial charge on any atom is -0.504 e. The van der Waals surface area contributed by atoms with E-state index in [-0.39, 0.29) is 11.3 Å². The first-order valence-corrected chi connectivity index (χ1v) is 11.4. The van der Waals surface area contributed by atoms with E-state index in [1.54, 1.807) is 16.6 Å². The Balaban J connectivity index is 1.66. The van der Waals surface area contributed by atoms with Gasteiger partial charge in [-0.05, 0) is 43.9 Å². The molecule has 170 valence electrons. The summed E-state index contributed by atoms with van der Waals surface area (Å²) in [4.78, 5) is 20.9. The number of piperidine rings is 1. The molecule has 7 nitrogen and oxygen atoms in total. The highest BCUT2D eigenvalue weighted by Gasteiger charge is 2.24. The van der Waals surface area contributed by atoms with Gasteiger partial charge in [0.15, 0.2) is 17.1 Å². The number of phenols is 1. The number of nitrogens with one attached hydrogen (secondary N) is 1. The van der Waals surface area contributed by atoms with Crippen LogP contribution in [0.1, 0.15) is 36.1 Å². The highest BCUT2D eigenvalue weighted by atomic mass is 16.5. The number of fused-ring (bicyclic) bond motifs is 1. The van der Waals surface area contributed by atoms with Crippen LogP contribution in [0.4, 0.5) is 5.69 Å². The molecule has 33 heavy (non-hydrogen) atoms. The van der Waals surface area contributed by atoms with Crippen LogP contribution in [0.15, 0.2) is 53.3 Å². The molecule has 1 fully saturated rings. The Morgan fingerprint density at radius 3 is 2.55 bits per heavy atom. The van der Waals surface area contributed by atoms with Crippen molar-refractivity contribution in [3.8, 4) is 22.8 Å². The van der Waals surface area contributed by atoms with E-state index in [0.717, 1.165) is 48.4 Å². The molecule has 0 bridgehead atoms. The van der Waals surface area contributed by atoms with E-state index >= 15 is 0 Å². The summed E-state index contributed by atoms with van der Waals surface area (Å²) < 4.78 is 6.71. The molecule has 2 aromatic heterocycles. The van der Waals surface area contributed by atoms with Crippen LogP contribution in [0.2, 0.25) is 0 Å². The average Bonchev–Trinajstić information content (AvgIpc) is 3.22. The van der Waals surface area contributed by atoms with E-state index in [1.807, 2.05) is 31.2 Å². The van der Waals surface area contributed by atoms with E-state index < -0.39 is 0 Å². The molecule has 0 amide bonds. The van der Waals surface area contributed by atoms with Gasteiger partial charge in [0.2, 0.25) is 0 Å². The van der Waals surface area contributed by atoms with Gasteiger partial charge in [-0.25, -0.2) is 4.98 Å². The van der Waals surface area contributed by atoms with Crippen molar-refractivity contribution in [3.63, 3.8) is 0 Å². The van der Waals surface area contributed by atoms with E-state index in [1.165, 1.54) is 13.5 Å². The number of aromatic nitrogens is 3. The Labute approximate surface area is 192 Å². The van der Waals surface area contributed by atoms with E-state index in [0.29, 0.717) is 29.1 Å². The van der Waals surface area contributed by atoms with Crippen LogP contribution in [0, 0.1) is 6.92 Å². The van der Waals surface area contributed by atoms with Gasteiger partial charge in [0, 0.05) is 36.3 Å². The van der Waals surface area contributed by atoms with Gasteiger partial charge in [0.25, 0.3) is 5.56 Å². The minimum atomic E-state index is -0.117. The van der Waals surface area contributed by atoms with E-state index in [9.17, 15) is 9.90 Å². The summed E-state index contributed by atoms with van der Waals surface area (Å²) in [5.41, 5.74) is 5.61. The van der Waals surface area contributed by atoms with Crippen molar-refractivity contribution in [2.24, 2.45) is 0 Å². The molecule has 0 unspecified atom stereocenters. The van der Waals surface area contributed by atoms with Gasteiger partial charge in [0.05, 0.1) is 12.8 Å². The molecule has 1 aliphatic heterocycles. The molecule has 0 spiro atoms. The van der Waals surface area contributed by atoms with Crippen LogP contribution in [-0.2, 0) is 6.42 Å². The Hall–Kier alpha value is -3.74. The lowest BCUT2D eigenvalue weighted by atomic mass is 10.0. The second-order valence-corrected chi connectivity index (χ2v) is 8.57. The second-order valence-electron chi connectivity index (χ2n) is 8.57. The molecule has 5 rings (SSSR count). The molecule has 3 heterocycles. The number of aromatic amines is 1. The van der Waals surface area contributed by atoms with Gasteiger partial charge in [0.1, 0.15) is 5.69 Å². The van der Waals surface area contributed by atoms with Crippen LogP contribution in [0.25, 0.3) is 16.9 Å². The minimum absolute atomic E-state index is 0.0559. The number of phenolic OH excluding ortho intramolecular Hbond substituents is 1. The first-order chi connectivity index (χ1) is 16.1. The first-order valence-electron chi connectivity index (χ1n) is 11.4. The van der Waals surface area contributed by atoms with Crippen molar-refractivity contribution in [1.29, 1.82) is 0 Å². The van der Waals surface area contributed by atoms with Crippen molar-refractivity contribution in [2.45, 2.75) is 32.6 Å². The number of hydrogen-bond donors (Lipinski definition) is 2. The maximum atomic E-state index is 13.6. The fraction of sp³-hybridized carbons (Fsp3) is 0.308. The molecule has 7 heteroatoms. The Morgan fingerprint density at radius 1 is 1.09 bits per heavy atom. The Kier molecular flexibility index (Phi) is 5.54. The van der Waals surface area contributed by atoms with Gasteiger partial charge in [-0.2, -0.15) is 4.52 Å². The molecular formula is C26H28N4O3. The van der Waals surface area contributed by atoms with Crippen LogP contribution in [-0.4, -0.2) is 39.9 Å². The molecule has 1 aliphatic rings. The summed E-state index contributed by atoms with van der Waals surface area (Å²) in [6.07, 6.45) is 3.86. The zero-order valence-electron chi connectivity index (χ0n) is 19.0. The maximum Gasteiger partial charge on any atom is 0.276 e. The number of nitrogens with zero attached hydrogens (tertiary/aromatic N) is 3. The lowest BCUT2D eigenvalue weighted by Crippen LogP contribution is -2.30. The number of benzene rings is 2. The summed E-state index contributed by atoms with van der Waals surface area (Å²) in [6, 6.07) is 15.3. The Bertz CT molecular complexity index is 1350. The lowest BCUT2D eigenvalue weighted by molar-refractivity contribution is 0.373. The molecule has 0 atom stereocenters.